The highest BCUT2D eigenvalue weighted by molar-refractivity contribution is 5.28. The third-order valence-electron chi connectivity index (χ3n) is 3.95. The number of nitrogens with zero attached hydrogens (tertiary/aromatic N) is 1. The van der Waals surface area contributed by atoms with Gasteiger partial charge in [-0.1, -0.05) is 24.3 Å². The second-order valence-electron chi connectivity index (χ2n) is 5.25. The van der Waals surface area contributed by atoms with Gasteiger partial charge in [-0.15, -0.1) is 0 Å². The Bertz CT molecular complexity index is 693. The Kier molecular flexibility index (Phi) is 3.40. The average molecular weight is 272 g/mol. The summed E-state index contributed by atoms with van der Waals surface area (Å²) in [5.41, 5.74) is 8.51. The molecule has 0 aliphatic heterocycles. The van der Waals surface area contributed by atoms with Gasteiger partial charge in [0.25, 0.3) is 5.56 Å². The Morgan fingerprint density at radius 1 is 1.25 bits per heavy atom. The minimum absolute atomic E-state index is 0.0220. The van der Waals surface area contributed by atoms with Crippen molar-refractivity contribution in [2.24, 2.45) is 5.73 Å². The van der Waals surface area contributed by atoms with Crippen LogP contribution in [0.4, 0.5) is 4.39 Å². The maximum absolute atomic E-state index is 13.8. The molecule has 3 rings (SSSR count). The van der Waals surface area contributed by atoms with Crippen molar-refractivity contribution >= 4 is 0 Å². The summed E-state index contributed by atoms with van der Waals surface area (Å²) in [5.74, 6) is -0.280. The van der Waals surface area contributed by atoms with E-state index in [1.165, 1.54) is 12.1 Å². The van der Waals surface area contributed by atoms with Crippen LogP contribution in [-0.2, 0) is 13.0 Å². The van der Waals surface area contributed by atoms with Crippen LogP contribution in [0.1, 0.15) is 35.7 Å². The molecule has 0 bridgehead atoms. The summed E-state index contributed by atoms with van der Waals surface area (Å²) in [7, 11) is 0. The first-order valence-electron chi connectivity index (χ1n) is 6.88. The fourth-order valence-corrected chi connectivity index (χ4v) is 2.87. The minimum atomic E-state index is -0.280. The van der Waals surface area contributed by atoms with Crippen LogP contribution in [0, 0.1) is 5.82 Å². The molecule has 1 aliphatic carbocycles. The van der Waals surface area contributed by atoms with Gasteiger partial charge >= 0.3 is 0 Å². The summed E-state index contributed by atoms with van der Waals surface area (Å²) in [4.78, 5) is 12.1. The molecule has 1 heterocycles. The van der Waals surface area contributed by atoms with E-state index in [9.17, 15) is 9.18 Å². The number of benzene rings is 1. The first-order chi connectivity index (χ1) is 9.66. The van der Waals surface area contributed by atoms with Gasteiger partial charge in [0.1, 0.15) is 5.82 Å². The van der Waals surface area contributed by atoms with Crippen LogP contribution in [-0.4, -0.2) is 4.57 Å². The maximum Gasteiger partial charge on any atom is 0.251 e. The van der Waals surface area contributed by atoms with Gasteiger partial charge in [0, 0.05) is 23.4 Å². The number of halogens is 1. The standard InChI is InChI=1S/C16H17FN2O/c17-13-5-2-1-4-11(13)10-19-15-7-3-6-14(18)12(15)8-9-16(19)20/h1-2,4-5,8-9,14H,3,6-7,10,18H2. The summed E-state index contributed by atoms with van der Waals surface area (Å²) < 4.78 is 15.4. The molecule has 0 radical (unpaired) electrons. The Morgan fingerprint density at radius 3 is 2.85 bits per heavy atom. The zero-order valence-electron chi connectivity index (χ0n) is 11.2. The largest absolute Gasteiger partial charge is 0.324 e. The molecule has 0 saturated heterocycles. The molecule has 2 aromatic rings. The molecule has 2 N–H and O–H groups in total. The van der Waals surface area contributed by atoms with Crippen LogP contribution in [0.25, 0.3) is 0 Å². The van der Waals surface area contributed by atoms with Gasteiger partial charge in [-0.2, -0.15) is 0 Å². The van der Waals surface area contributed by atoms with Crippen LogP contribution < -0.4 is 11.3 Å². The number of fused-ring (bicyclic) bond motifs is 1. The van der Waals surface area contributed by atoms with E-state index in [0.717, 1.165) is 30.5 Å². The molecule has 1 aliphatic rings. The van der Waals surface area contributed by atoms with Crippen molar-refractivity contribution in [2.45, 2.75) is 31.8 Å². The summed E-state index contributed by atoms with van der Waals surface area (Å²) in [6, 6.07) is 9.89. The predicted octanol–water partition coefficient (Wildman–Crippen LogP) is 2.37. The SMILES string of the molecule is NC1CCCc2c1ccc(=O)n2Cc1ccccc1F. The lowest BCUT2D eigenvalue weighted by Gasteiger charge is -2.25. The highest BCUT2D eigenvalue weighted by atomic mass is 19.1. The van der Waals surface area contributed by atoms with Crippen LogP contribution in [0.2, 0.25) is 0 Å². The van der Waals surface area contributed by atoms with Crippen molar-refractivity contribution in [1.29, 1.82) is 0 Å². The molecule has 0 spiro atoms. The number of rotatable bonds is 2. The second-order valence-corrected chi connectivity index (χ2v) is 5.25. The van der Waals surface area contributed by atoms with E-state index in [-0.39, 0.29) is 24.0 Å². The molecular formula is C16H17FN2O. The Balaban J connectivity index is 2.08. The first kappa shape index (κ1) is 13.1. The number of nitrogens with two attached hydrogens (primary N) is 1. The summed E-state index contributed by atoms with van der Waals surface area (Å²) in [6.45, 7) is 0.265. The first-order valence-corrected chi connectivity index (χ1v) is 6.88. The summed E-state index contributed by atoms with van der Waals surface area (Å²) >= 11 is 0. The van der Waals surface area contributed by atoms with Crippen LogP contribution >= 0.6 is 0 Å². The number of hydrogen-bond donors (Lipinski definition) is 1. The summed E-state index contributed by atoms with van der Waals surface area (Å²) in [5, 5.41) is 0. The lowest BCUT2D eigenvalue weighted by Crippen LogP contribution is -2.29. The van der Waals surface area contributed by atoms with Crippen molar-refractivity contribution < 1.29 is 4.39 Å². The van der Waals surface area contributed by atoms with Crippen molar-refractivity contribution in [3.8, 4) is 0 Å². The van der Waals surface area contributed by atoms with Gasteiger partial charge in [-0.25, -0.2) is 4.39 Å². The molecule has 1 aromatic heterocycles. The quantitative estimate of drug-likeness (QED) is 0.912. The third kappa shape index (κ3) is 2.27. The molecule has 20 heavy (non-hydrogen) atoms. The van der Waals surface area contributed by atoms with E-state index < -0.39 is 0 Å². The van der Waals surface area contributed by atoms with Gasteiger partial charge in [-0.05, 0) is 30.9 Å². The Morgan fingerprint density at radius 2 is 2.05 bits per heavy atom. The minimum Gasteiger partial charge on any atom is -0.324 e. The van der Waals surface area contributed by atoms with E-state index >= 15 is 0 Å². The Labute approximate surface area is 116 Å². The van der Waals surface area contributed by atoms with Crippen molar-refractivity contribution in [3.05, 3.63) is 69.4 Å². The van der Waals surface area contributed by atoms with E-state index in [0.29, 0.717) is 5.56 Å². The molecule has 0 amide bonds. The van der Waals surface area contributed by atoms with E-state index in [2.05, 4.69) is 0 Å². The van der Waals surface area contributed by atoms with Crippen LogP contribution in [0.3, 0.4) is 0 Å². The second kappa shape index (κ2) is 5.21. The molecule has 4 heteroatoms. The van der Waals surface area contributed by atoms with Gasteiger partial charge in [0.05, 0.1) is 6.54 Å². The third-order valence-corrected chi connectivity index (χ3v) is 3.95. The lowest BCUT2D eigenvalue weighted by molar-refractivity contribution is 0.523. The molecule has 1 atom stereocenters. The normalized spacial score (nSPS) is 17.8. The van der Waals surface area contributed by atoms with Gasteiger partial charge in [0.2, 0.25) is 0 Å². The molecule has 1 aromatic carbocycles. The predicted molar refractivity (Wildman–Crippen MR) is 76.1 cm³/mol. The van der Waals surface area contributed by atoms with Gasteiger partial charge < -0.3 is 10.3 Å². The average Bonchev–Trinajstić information content (AvgIpc) is 2.44. The van der Waals surface area contributed by atoms with Crippen molar-refractivity contribution in [1.82, 2.24) is 4.57 Å². The summed E-state index contributed by atoms with van der Waals surface area (Å²) in [6.07, 6.45) is 2.73. The fraction of sp³-hybridized carbons (Fsp3) is 0.312. The monoisotopic (exact) mass is 272 g/mol. The number of hydrogen-bond acceptors (Lipinski definition) is 2. The Hall–Kier alpha value is -1.94. The smallest absolute Gasteiger partial charge is 0.251 e. The molecule has 0 fully saturated rings. The number of pyridine rings is 1. The van der Waals surface area contributed by atoms with E-state index in [1.807, 2.05) is 6.07 Å². The molecule has 0 saturated carbocycles. The van der Waals surface area contributed by atoms with Gasteiger partial charge in [-0.3, -0.25) is 4.79 Å². The van der Waals surface area contributed by atoms with E-state index in [1.54, 1.807) is 22.8 Å². The van der Waals surface area contributed by atoms with Gasteiger partial charge in [0.15, 0.2) is 0 Å². The van der Waals surface area contributed by atoms with Crippen LogP contribution in [0.5, 0.6) is 0 Å². The topological polar surface area (TPSA) is 48.0 Å². The molecule has 104 valence electrons. The van der Waals surface area contributed by atoms with E-state index in [4.69, 9.17) is 5.73 Å². The van der Waals surface area contributed by atoms with Crippen LogP contribution in [0.15, 0.2) is 41.2 Å². The zero-order valence-corrected chi connectivity index (χ0v) is 11.2. The van der Waals surface area contributed by atoms with Crippen molar-refractivity contribution in [3.63, 3.8) is 0 Å². The fourth-order valence-electron chi connectivity index (χ4n) is 2.87. The molecule has 3 nitrogen and oxygen atoms in total. The molecular weight excluding hydrogens is 255 g/mol. The zero-order chi connectivity index (χ0) is 14.1. The van der Waals surface area contributed by atoms with Crippen molar-refractivity contribution in [2.75, 3.05) is 0 Å². The lowest BCUT2D eigenvalue weighted by atomic mass is 9.91. The highest BCUT2D eigenvalue weighted by Gasteiger charge is 2.20. The molecule has 1 unspecified atom stereocenters. The highest BCUT2D eigenvalue weighted by Crippen LogP contribution is 2.27. The maximum atomic E-state index is 13.8. The number of aromatic nitrogens is 1.